The van der Waals surface area contributed by atoms with Crippen molar-refractivity contribution in [3.8, 4) is 0 Å². The van der Waals surface area contributed by atoms with Crippen LogP contribution >= 0.6 is 0 Å². The Hall–Kier alpha value is -3.98. The van der Waals surface area contributed by atoms with E-state index in [2.05, 4.69) is 24.3 Å². The van der Waals surface area contributed by atoms with Crippen molar-refractivity contribution in [1.82, 2.24) is 0 Å². The molecule has 5 rings (SSSR count). The second kappa shape index (κ2) is 9.03. The summed E-state index contributed by atoms with van der Waals surface area (Å²) in [6, 6.07) is 38.4. The van der Waals surface area contributed by atoms with Crippen molar-refractivity contribution in [2.45, 2.75) is 13.0 Å². The van der Waals surface area contributed by atoms with Crippen LogP contribution in [-0.4, -0.2) is 11.6 Å². The standard InChI is InChI=1S/C29H24N2O/c32-29-25(20-22-12-4-1-5-13-22)28(24-16-8-3-9-17-24)30-26-18-10-11-19-27(26)31(29)21-23-14-6-2-7-15-23/h1-19,25H,20-21H2. The molecule has 3 nitrogen and oxygen atoms in total. The SMILES string of the molecule is O=C1C(Cc2ccccc2)C(c2ccccc2)=Nc2ccccc2N1Cc1ccccc1. The fourth-order valence-corrected chi connectivity index (χ4v) is 4.26. The first-order valence-corrected chi connectivity index (χ1v) is 10.9. The van der Waals surface area contributed by atoms with Crippen molar-refractivity contribution in [2.75, 3.05) is 4.90 Å². The van der Waals surface area contributed by atoms with Crippen LogP contribution in [0.2, 0.25) is 0 Å². The summed E-state index contributed by atoms with van der Waals surface area (Å²) in [6.07, 6.45) is 0.604. The fourth-order valence-electron chi connectivity index (χ4n) is 4.26. The number of hydrogen-bond donors (Lipinski definition) is 0. The Morgan fingerprint density at radius 3 is 1.91 bits per heavy atom. The maximum absolute atomic E-state index is 14.1. The molecule has 0 spiro atoms. The van der Waals surface area contributed by atoms with Crippen LogP contribution in [0.4, 0.5) is 11.4 Å². The van der Waals surface area contributed by atoms with E-state index in [9.17, 15) is 4.79 Å². The first-order valence-electron chi connectivity index (χ1n) is 10.9. The van der Waals surface area contributed by atoms with Crippen LogP contribution in [0, 0.1) is 5.92 Å². The van der Waals surface area contributed by atoms with Gasteiger partial charge in [-0.25, -0.2) is 4.99 Å². The topological polar surface area (TPSA) is 32.7 Å². The van der Waals surface area contributed by atoms with Gasteiger partial charge in [0.1, 0.15) is 0 Å². The Kier molecular flexibility index (Phi) is 5.63. The predicted octanol–water partition coefficient (Wildman–Crippen LogP) is 6.21. The lowest BCUT2D eigenvalue weighted by Crippen LogP contribution is -2.39. The molecule has 1 amide bonds. The van der Waals surface area contributed by atoms with Crippen molar-refractivity contribution < 1.29 is 4.79 Å². The van der Waals surface area contributed by atoms with Crippen LogP contribution < -0.4 is 4.90 Å². The Morgan fingerprint density at radius 2 is 1.22 bits per heavy atom. The van der Waals surface area contributed by atoms with Gasteiger partial charge in [0, 0.05) is 0 Å². The second-order valence-corrected chi connectivity index (χ2v) is 8.00. The van der Waals surface area contributed by atoms with E-state index in [1.54, 1.807) is 0 Å². The third-order valence-electron chi connectivity index (χ3n) is 5.84. The maximum atomic E-state index is 14.1. The van der Waals surface area contributed by atoms with Crippen LogP contribution in [0.1, 0.15) is 16.7 Å². The van der Waals surface area contributed by atoms with Crippen molar-refractivity contribution in [3.05, 3.63) is 132 Å². The van der Waals surface area contributed by atoms with Crippen LogP contribution in [0.3, 0.4) is 0 Å². The molecule has 32 heavy (non-hydrogen) atoms. The highest BCUT2D eigenvalue weighted by molar-refractivity contribution is 6.20. The second-order valence-electron chi connectivity index (χ2n) is 8.00. The molecule has 1 heterocycles. The number of hydrogen-bond acceptors (Lipinski definition) is 2. The fraction of sp³-hybridized carbons (Fsp3) is 0.103. The quantitative estimate of drug-likeness (QED) is 0.380. The molecule has 0 N–H and O–H groups in total. The zero-order valence-electron chi connectivity index (χ0n) is 17.8. The first kappa shape index (κ1) is 20.0. The molecule has 0 bridgehead atoms. The van der Waals surface area contributed by atoms with Crippen LogP contribution in [0.15, 0.2) is 120 Å². The minimum Gasteiger partial charge on any atom is -0.305 e. The third-order valence-corrected chi connectivity index (χ3v) is 5.84. The molecular weight excluding hydrogens is 392 g/mol. The molecule has 0 aliphatic carbocycles. The Bertz CT molecular complexity index is 1230. The molecule has 0 saturated carbocycles. The predicted molar refractivity (Wildman–Crippen MR) is 130 cm³/mol. The number of anilines is 1. The zero-order chi connectivity index (χ0) is 21.8. The van der Waals surface area contributed by atoms with Gasteiger partial charge in [-0.1, -0.05) is 103 Å². The monoisotopic (exact) mass is 416 g/mol. The summed E-state index contributed by atoms with van der Waals surface area (Å²) in [5.41, 5.74) is 5.70. The van der Waals surface area contributed by atoms with Crippen LogP contribution in [-0.2, 0) is 17.8 Å². The van der Waals surface area contributed by atoms with Gasteiger partial charge in [0.2, 0.25) is 5.91 Å². The molecular formula is C29H24N2O. The third kappa shape index (κ3) is 4.10. The number of aliphatic imine (C=N–C) groups is 1. The zero-order valence-corrected chi connectivity index (χ0v) is 17.8. The van der Waals surface area contributed by atoms with E-state index in [4.69, 9.17) is 4.99 Å². The number of amides is 1. The molecule has 0 fully saturated rings. The lowest BCUT2D eigenvalue weighted by Gasteiger charge is -2.26. The van der Waals surface area contributed by atoms with Gasteiger partial charge in [0.25, 0.3) is 0 Å². The smallest absolute Gasteiger partial charge is 0.236 e. The minimum absolute atomic E-state index is 0.0743. The van der Waals surface area contributed by atoms with Crippen molar-refractivity contribution in [2.24, 2.45) is 10.9 Å². The lowest BCUT2D eigenvalue weighted by atomic mass is 9.89. The summed E-state index contributed by atoms with van der Waals surface area (Å²) in [6.45, 7) is 0.513. The van der Waals surface area contributed by atoms with E-state index in [-0.39, 0.29) is 11.8 Å². The Balaban J connectivity index is 1.64. The highest BCUT2D eigenvalue weighted by Crippen LogP contribution is 2.36. The lowest BCUT2D eigenvalue weighted by molar-refractivity contribution is -0.120. The first-order chi connectivity index (χ1) is 15.8. The number of benzene rings is 4. The number of fused-ring (bicyclic) bond motifs is 1. The molecule has 0 aromatic heterocycles. The largest absolute Gasteiger partial charge is 0.305 e. The van der Waals surface area contributed by atoms with E-state index < -0.39 is 0 Å². The molecule has 0 saturated heterocycles. The normalized spacial score (nSPS) is 15.6. The van der Waals surface area contributed by atoms with Gasteiger partial charge >= 0.3 is 0 Å². The number of carbonyl (C=O) groups is 1. The molecule has 4 aromatic rings. The van der Waals surface area contributed by atoms with Gasteiger partial charge in [-0.05, 0) is 35.2 Å². The van der Waals surface area contributed by atoms with Crippen molar-refractivity contribution in [3.63, 3.8) is 0 Å². The molecule has 1 atom stereocenters. The molecule has 1 unspecified atom stereocenters. The van der Waals surface area contributed by atoms with Crippen LogP contribution in [0.25, 0.3) is 0 Å². The summed E-state index contributed by atoms with van der Waals surface area (Å²) in [5, 5.41) is 0. The van der Waals surface area contributed by atoms with Gasteiger partial charge in [-0.2, -0.15) is 0 Å². The molecule has 3 heteroatoms. The molecule has 4 aromatic carbocycles. The molecule has 0 radical (unpaired) electrons. The Morgan fingerprint density at radius 1 is 0.656 bits per heavy atom. The maximum Gasteiger partial charge on any atom is 0.236 e. The van der Waals surface area contributed by atoms with E-state index in [0.717, 1.165) is 33.8 Å². The highest BCUT2D eigenvalue weighted by Gasteiger charge is 2.34. The number of rotatable bonds is 5. The van der Waals surface area contributed by atoms with Crippen molar-refractivity contribution >= 4 is 23.0 Å². The summed E-state index contributed by atoms with van der Waals surface area (Å²) in [5.74, 6) is -0.304. The summed E-state index contributed by atoms with van der Waals surface area (Å²) in [7, 11) is 0. The van der Waals surface area contributed by atoms with Crippen molar-refractivity contribution in [1.29, 1.82) is 0 Å². The number of carbonyl (C=O) groups excluding carboxylic acids is 1. The van der Waals surface area contributed by atoms with Gasteiger partial charge < -0.3 is 4.90 Å². The average Bonchev–Trinajstić information content (AvgIpc) is 2.97. The van der Waals surface area contributed by atoms with E-state index in [1.165, 1.54) is 0 Å². The molecule has 156 valence electrons. The summed E-state index contributed by atoms with van der Waals surface area (Å²) >= 11 is 0. The number of nitrogens with zero attached hydrogens (tertiary/aromatic N) is 2. The van der Waals surface area contributed by atoms with E-state index in [1.807, 2.05) is 95.9 Å². The minimum atomic E-state index is -0.379. The summed E-state index contributed by atoms with van der Waals surface area (Å²) in [4.78, 5) is 21.1. The number of para-hydroxylation sites is 2. The van der Waals surface area contributed by atoms with Crippen LogP contribution in [0.5, 0.6) is 0 Å². The Labute approximate surface area is 188 Å². The van der Waals surface area contributed by atoms with Gasteiger partial charge in [0.15, 0.2) is 0 Å². The van der Waals surface area contributed by atoms with Gasteiger partial charge in [0.05, 0.1) is 29.5 Å². The average molecular weight is 417 g/mol. The van der Waals surface area contributed by atoms with Gasteiger partial charge in [-0.15, -0.1) is 0 Å². The van der Waals surface area contributed by atoms with Gasteiger partial charge in [-0.3, -0.25) is 4.79 Å². The van der Waals surface area contributed by atoms with E-state index >= 15 is 0 Å². The van der Waals surface area contributed by atoms with E-state index in [0.29, 0.717) is 13.0 Å². The highest BCUT2D eigenvalue weighted by atomic mass is 16.2. The summed E-state index contributed by atoms with van der Waals surface area (Å²) < 4.78 is 0. The molecule has 1 aliphatic rings. The molecule has 1 aliphatic heterocycles.